The van der Waals surface area contributed by atoms with Crippen molar-refractivity contribution in [2.45, 2.75) is 96.4 Å². The predicted molar refractivity (Wildman–Crippen MR) is 93.2 cm³/mol. The maximum atomic E-state index is 12.9. The Labute approximate surface area is 132 Å². The van der Waals surface area contributed by atoms with Crippen molar-refractivity contribution in [2.75, 3.05) is 0 Å². The van der Waals surface area contributed by atoms with Crippen molar-refractivity contribution in [2.24, 2.45) is 0 Å². The fourth-order valence-electron chi connectivity index (χ4n) is 3.22. The van der Waals surface area contributed by atoms with Crippen LogP contribution in [-0.2, 0) is 9.22 Å². The van der Waals surface area contributed by atoms with Crippen LogP contribution in [0.15, 0.2) is 12.2 Å². The maximum absolute atomic E-state index is 12.9. The van der Waals surface area contributed by atoms with E-state index in [1.807, 2.05) is 19.1 Å². The van der Waals surface area contributed by atoms with Crippen molar-refractivity contribution in [3.63, 3.8) is 0 Å². The quantitative estimate of drug-likeness (QED) is 0.498. The molecular weight excluding hydrogens is 276 g/mol. The molecular formula is C18H34O2Si. The first-order chi connectivity index (χ1) is 9.90. The van der Waals surface area contributed by atoms with Crippen LogP contribution in [0.25, 0.3) is 0 Å². The standard InChI is InChI=1S/C18H34O2Si/c1-5-15-18(20-21(2,3)4)16-13-11-9-7-6-8-10-12-14-17(18)19/h5,15H,6-14,16H2,1-4H3/b15-5-. The molecule has 0 N–H and O–H groups in total. The third kappa shape index (κ3) is 6.92. The second-order valence-electron chi connectivity index (χ2n) is 7.36. The van der Waals surface area contributed by atoms with Gasteiger partial charge in [0, 0.05) is 6.42 Å². The smallest absolute Gasteiger partial charge is 0.185 e. The van der Waals surface area contributed by atoms with Crippen molar-refractivity contribution in [3.05, 3.63) is 12.2 Å². The molecule has 21 heavy (non-hydrogen) atoms. The highest BCUT2D eigenvalue weighted by Gasteiger charge is 2.39. The molecule has 0 aromatic heterocycles. The van der Waals surface area contributed by atoms with E-state index in [0.29, 0.717) is 12.2 Å². The minimum absolute atomic E-state index is 0.309. The molecule has 3 heteroatoms. The number of Topliss-reactive ketones (excluding diaryl/α,β-unsaturated/α-hetero) is 1. The van der Waals surface area contributed by atoms with E-state index in [1.54, 1.807) is 0 Å². The van der Waals surface area contributed by atoms with Gasteiger partial charge in [-0.25, -0.2) is 0 Å². The minimum atomic E-state index is -1.76. The molecule has 1 aliphatic rings. The number of rotatable bonds is 3. The third-order valence-corrected chi connectivity index (χ3v) is 5.07. The van der Waals surface area contributed by atoms with Gasteiger partial charge in [0.15, 0.2) is 14.1 Å². The third-order valence-electron chi connectivity index (χ3n) is 4.10. The second-order valence-corrected chi connectivity index (χ2v) is 11.8. The number of ketones is 1. The summed E-state index contributed by atoms with van der Waals surface area (Å²) in [6, 6.07) is 0. The molecule has 0 bridgehead atoms. The van der Waals surface area contributed by atoms with Gasteiger partial charge in [0.25, 0.3) is 0 Å². The molecule has 0 aromatic rings. The van der Waals surface area contributed by atoms with Gasteiger partial charge in [-0.3, -0.25) is 4.79 Å². The molecule has 0 amide bonds. The van der Waals surface area contributed by atoms with E-state index in [2.05, 4.69) is 19.6 Å². The van der Waals surface area contributed by atoms with Crippen molar-refractivity contribution < 1.29 is 9.22 Å². The van der Waals surface area contributed by atoms with Gasteiger partial charge in [-0.1, -0.05) is 50.7 Å². The van der Waals surface area contributed by atoms with E-state index < -0.39 is 13.9 Å². The average Bonchev–Trinajstić information content (AvgIpc) is 2.37. The molecule has 0 radical (unpaired) electrons. The molecule has 2 nitrogen and oxygen atoms in total. The second kappa shape index (κ2) is 8.89. The Morgan fingerprint density at radius 3 is 2.00 bits per heavy atom. The van der Waals surface area contributed by atoms with Gasteiger partial charge >= 0.3 is 0 Å². The number of carbonyl (C=O) groups excluding carboxylic acids is 1. The Morgan fingerprint density at radius 2 is 1.48 bits per heavy atom. The summed E-state index contributed by atoms with van der Waals surface area (Å²) in [4.78, 5) is 12.9. The lowest BCUT2D eigenvalue weighted by Gasteiger charge is -2.36. The summed E-state index contributed by atoms with van der Waals surface area (Å²) in [7, 11) is -1.76. The Hall–Kier alpha value is -0.413. The summed E-state index contributed by atoms with van der Waals surface area (Å²) < 4.78 is 6.43. The monoisotopic (exact) mass is 310 g/mol. The molecule has 0 aliphatic heterocycles. The van der Waals surface area contributed by atoms with Crippen LogP contribution in [0.1, 0.15) is 71.1 Å². The van der Waals surface area contributed by atoms with Gasteiger partial charge < -0.3 is 4.43 Å². The van der Waals surface area contributed by atoms with Gasteiger partial charge in [-0.05, 0) is 45.8 Å². The van der Waals surface area contributed by atoms with Crippen molar-refractivity contribution >= 4 is 14.1 Å². The van der Waals surface area contributed by atoms with Crippen LogP contribution in [0.5, 0.6) is 0 Å². The molecule has 1 atom stereocenters. The van der Waals surface area contributed by atoms with E-state index in [-0.39, 0.29) is 0 Å². The Balaban J connectivity index is 2.90. The van der Waals surface area contributed by atoms with E-state index >= 15 is 0 Å². The summed E-state index contributed by atoms with van der Waals surface area (Å²) in [6.07, 6.45) is 15.4. The summed E-state index contributed by atoms with van der Waals surface area (Å²) >= 11 is 0. The summed E-state index contributed by atoms with van der Waals surface area (Å²) in [5, 5.41) is 0. The van der Waals surface area contributed by atoms with Crippen LogP contribution < -0.4 is 0 Å². The zero-order valence-corrected chi connectivity index (χ0v) is 15.5. The first kappa shape index (κ1) is 18.6. The normalized spacial score (nSPS) is 27.3. The van der Waals surface area contributed by atoms with Crippen molar-refractivity contribution in [3.8, 4) is 0 Å². The predicted octanol–water partition coefficient (Wildman–Crippen LogP) is 5.64. The van der Waals surface area contributed by atoms with Gasteiger partial charge in [0.1, 0.15) is 5.60 Å². The number of hydrogen-bond donors (Lipinski definition) is 0. The fraction of sp³-hybridized carbons (Fsp3) is 0.833. The number of hydrogen-bond acceptors (Lipinski definition) is 2. The van der Waals surface area contributed by atoms with Crippen LogP contribution in [0.3, 0.4) is 0 Å². The Bertz CT molecular complexity index is 344. The molecule has 1 rings (SSSR count). The van der Waals surface area contributed by atoms with Crippen LogP contribution in [-0.4, -0.2) is 19.7 Å². The van der Waals surface area contributed by atoms with E-state index in [0.717, 1.165) is 19.3 Å². The molecule has 1 fully saturated rings. The number of allylic oxidation sites excluding steroid dienone is 1. The fourth-order valence-corrected chi connectivity index (χ4v) is 4.60. The Kier molecular flexibility index (Phi) is 7.89. The lowest BCUT2D eigenvalue weighted by atomic mass is 9.87. The Morgan fingerprint density at radius 1 is 0.952 bits per heavy atom. The maximum Gasteiger partial charge on any atom is 0.185 e. The minimum Gasteiger partial charge on any atom is -0.402 e. The first-order valence-corrected chi connectivity index (χ1v) is 12.2. The molecule has 1 unspecified atom stereocenters. The summed E-state index contributed by atoms with van der Waals surface area (Å²) in [5.74, 6) is 0.309. The van der Waals surface area contributed by atoms with Gasteiger partial charge in [0.2, 0.25) is 0 Å². The van der Waals surface area contributed by atoms with Crippen LogP contribution in [0.4, 0.5) is 0 Å². The van der Waals surface area contributed by atoms with Crippen LogP contribution in [0.2, 0.25) is 19.6 Å². The highest BCUT2D eigenvalue weighted by atomic mass is 28.4. The summed E-state index contributed by atoms with van der Waals surface area (Å²) in [5.41, 5.74) is -0.640. The highest BCUT2D eigenvalue weighted by Crippen LogP contribution is 2.30. The molecule has 122 valence electrons. The molecule has 1 aliphatic carbocycles. The van der Waals surface area contributed by atoms with Crippen molar-refractivity contribution in [1.29, 1.82) is 0 Å². The molecule has 0 heterocycles. The molecule has 0 aromatic carbocycles. The van der Waals surface area contributed by atoms with Gasteiger partial charge in [0.05, 0.1) is 0 Å². The summed E-state index contributed by atoms with van der Waals surface area (Å²) in [6.45, 7) is 8.55. The van der Waals surface area contributed by atoms with Gasteiger partial charge in [-0.15, -0.1) is 0 Å². The number of carbonyl (C=O) groups is 1. The van der Waals surface area contributed by atoms with Crippen LogP contribution in [0, 0.1) is 0 Å². The van der Waals surface area contributed by atoms with Crippen molar-refractivity contribution in [1.82, 2.24) is 0 Å². The average molecular weight is 311 g/mol. The SMILES string of the molecule is C/C=C\C1(O[Si](C)(C)C)CCCCCCCCCCC1=O. The zero-order valence-electron chi connectivity index (χ0n) is 14.5. The zero-order chi connectivity index (χ0) is 15.8. The van der Waals surface area contributed by atoms with Gasteiger partial charge in [-0.2, -0.15) is 0 Å². The molecule has 1 saturated carbocycles. The van der Waals surface area contributed by atoms with E-state index in [9.17, 15) is 4.79 Å². The lowest BCUT2D eigenvalue weighted by molar-refractivity contribution is -0.132. The van der Waals surface area contributed by atoms with Crippen LogP contribution >= 0.6 is 0 Å². The molecule has 0 spiro atoms. The van der Waals surface area contributed by atoms with E-state index in [4.69, 9.17) is 4.43 Å². The topological polar surface area (TPSA) is 26.3 Å². The first-order valence-electron chi connectivity index (χ1n) is 8.77. The van der Waals surface area contributed by atoms with E-state index in [1.165, 1.54) is 38.5 Å². The largest absolute Gasteiger partial charge is 0.402 e. The lowest BCUT2D eigenvalue weighted by Crippen LogP contribution is -2.47. The molecule has 0 saturated heterocycles. The highest BCUT2D eigenvalue weighted by molar-refractivity contribution is 6.70.